The molecule has 70 valence electrons. The van der Waals surface area contributed by atoms with Crippen LogP contribution in [0, 0.1) is 10.1 Å². The highest BCUT2D eigenvalue weighted by molar-refractivity contribution is 5.45. The first-order valence-corrected chi connectivity index (χ1v) is 3.43. The highest BCUT2D eigenvalue weighted by Gasteiger charge is 2.05. The molecule has 0 aliphatic carbocycles. The van der Waals surface area contributed by atoms with Crippen molar-refractivity contribution in [1.82, 2.24) is 0 Å². The minimum atomic E-state index is -0.549. The zero-order chi connectivity index (χ0) is 10.4. The van der Waals surface area contributed by atoms with Crippen LogP contribution in [0.15, 0.2) is 39.8 Å². The van der Waals surface area contributed by atoms with Crippen LogP contribution in [0.4, 0.5) is 11.4 Å². The Morgan fingerprint density at radius 2 is 2.29 bits per heavy atom. The molecule has 0 N–H and O–H groups in total. The first-order valence-electron chi connectivity index (χ1n) is 3.43. The second kappa shape index (κ2) is 4.53. The lowest BCUT2D eigenvalue weighted by molar-refractivity contribution is -0.384. The highest BCUT2D eigenvalue weighted by Crippen LogP contribution is 2.19. The fraction of sp³-hybridized carbons (Fsp3) is 0. The van der Waals surface area contributed by atoms with Crippen molar-refractivity contribution in [3.05, 3.63) is 44.8 Å². The van der Waals surface area contributed by atoms with Crippen LogP contribution in [0.3, 0.4) is 0 Å². The number of non-ortho nitro benzene ring substituents is 1. The van der Waals surface area contributed by atoms with Gasteiger partial charge in [0.25, 0.3) is 5.69 Å². The van der Waals surface area contributed by atoms with Crippen LogP contribution in [0.5, 0.6) is 0 Å². The van der Waals surface area contributed by atoms with Gasteiger partial charge in [-0.25, -0.2) is 0 Å². The summed E-state index contributed by atoms with van der Waals surface area (Å²) in [6.45, 7) is 0. The van der Waals surface area contributed by atoms with E-state index < -0.39 is 4.92 Å². The number of hydrogen-bond acceptors (Lipinski definition) is 3. The molecular formula is C6H4N6O2. The van der Waals surface area contributed by atoms with E-state index in [4.69, 9.17) is 5.53 Å². The lowest BCUT2D eigenvalue weighted by Gasteiger charge is -1.89. The molecule has 0 atom stereocenters. The predicted molar refractivity (Wildman–Crippen MR) is 46.8 cm³/mol. The van der Waals surface area contributed by atoms with Gasteiger partial charge >= 0.3 is 0 Å². The van der Waals surface area contributed by atoms with Crippen molar-refractivity contribution in [2.45, 2.75) is 0 Å². The van der Waals surface area contributed by atoms with Crippen LogP contribution >= 0.6 is 0 Å². The Bertz CT molecular complexity index is 422. The van der Waals surface area contributed by atoms with Gasteiger partial charge < -0.3 is 0 Å². The molecule has 0 saturated carbocycles. The van der Waals surface area contributed by atoms with Crippen LogP contribution in [0.2, 0.25) is 0 Å². The Morgan fingerprint density at radius 3 is 2.93 bits per heavy atom. The molecule has 0 aliphatic rings. The summed E-state index contributed by atoms with van der Waals surface area (Å²) in [5.41, 5.74) is 8.04. The van der Waals surface area contributed by atoms with Crippen molar-refractivity contribution in [1.29, 1.82) is 0 Å². The molecule has 0 amide bonds. The van der Waals surface area contributed by atoms with Gasteiger partial charge in [-0.15, -0.1) is 5.53 Å². The largest absolute Gasteiger partial charge is 0.271 e. The fourth-order valence-corrected chi connectivity index (χ4v) is 0.758. The molecule has 14 heavy (non-hydrogen) atoms. The van der Waals surface area contributed by atoms with Crippen LogP contribution in [-0.2, 0) is 0 Å². The first kappa shape index (κ1) is 9.62. The van der Waals surface area contributed by atoms with E-state index in [2.05, 4.69) is 20.5 Å². The van der Waals surface area contributed by atoms with Crippen molar-refractivity contribution >= 4 is 11.4 Å². The van der Waals surface area contributed by atoms with Gasteiger partial charge in [0, 0.05) is 12.1 Å². The van der Waals surface area contributed by atoms with E-state index in [1.54, 1.807) is 0 Å². The van der Waals surface area contributed by atoms with E-state index in [0.717, 1.165) is 0 Å². The summed E-state index contributed by atoms with van der Waals surface area (Å²) in [5, 5.41) is 19.7. The molecule has 8 heteroatoms. The lowest BCUT2D eigenvalue weighted by atomic mass is 10.3. The molecule has 0 heterocycles. The topological polar surface area (TPSA) is 117 Å². The average Bonchev–Trinajstić information content (AvgIpc) is 2.19. The minimum absolute atomic E-state index is 0.0950. The number of nitrogens with zero attached hydrogens (tertiary/aromatic N) is 6. The van der Waals surface area contributed by atoms with Crippen LogP contribution in [0.1, 0.15) is 0 Å². The van der Waals surface area contributed by atoms with Gasteiger partial charge in [-0.3, -0.25) is 10.1 Å². The maximum absolute atomic E-state index is 10.3. The molecule has 8 nitrogen and oxygen atoms in total. The van der Waals surface area contributed by atoms with Crippen molar-refractivity contribution in [2.24, 2.45) is 15.6 Å². The number of benzene rings is 1. The van der Waals surface area contributed by atoms with E-state index in [-0.39, 0.29) is 11.4 Å². The summed E-state index contributed by atoms with van der Waals surface area (Å²) in [5.74, 6) is 0. The zero-order valence-electron chi connectivity index (χ0n) is 6.81. The van der Waals surface area contributed by atoms with E-state index >= 15 is 0 Å². The molecule has 0 fully saturated rings. The molecule has 1 aromatic carbocycles. The summed E-state index contributed by atoms with van der Waals surface area (Å²) < 4.78 is 0. The molecule has 1 rings (SSSR count). The van der Waals surface area contributed by atoms with Gasteiger partial charge in [0.05, 0.1) is 10.1 Å². The highest BCUT2D eigenvalue weighted by atomic mass is 16.6. The summed E-state index contributed by atoms with van der Waals surface area (Å²) in [4.78, 5) is 12.1. The number of nitro benzene ring substituents is 1. The van der Waals surface area contributed by atoms with Crippen molar-refractivity contribution in [3.63, 3.8) is 0 Å². The molecular weight excluding hydrogens is 188 g/mol. The Labute approximate surface area is 77.6 Å². The summed E-state index contributed by atoms with van der Waals surface area (Å²) in [6, 6.07) is 5.51. The van der Waals surface area contributed by atoms with Gasteiger partial charge in [-0.05, 0) is 11.2 Å². The molecule has 0 bridgehead atoms. The molecule has 0 aliphatic heterocycles. The normalized spacial score (nSPS) is 9.71. The molecule has 1 aromatic rings. The maximum Gasteiger partial charge on any atom is 0.271 e. The minimum Gasteiger partial charge on any atom is -0.258 e. The molecule has 0 saturated heterocycles. The van der Waals surface area contributed by atoms with Crippen LogP contribution < -0.4 is 0 Å². The van der Waals surface area contributed by atoms with Crippen LogP contribution in [0.25, 0.3) is 10.4 Å². The number of hydrogen-bond donors (Lipinski definition) is 0. The van der Waals surface area contributed by atoms with E-state index in [0.29, 0.717) is 0 Å². The van der Waals surface area contributed by atoms with Crippen LogP contribution in [-0.4, -0.2) is 4.92 Å². The Kier molecular flexibility index (Phi) is 3.11. The van der Waals surface area contributed by atoms with Crippen molar-refractivity contribution in [3.8, 4) is 0 Å². The van der Waals surface area contributed by atoms with E-state index in [1.165, 1.54) is 24.3 Å². The first-order chi connectivity index (χ1) is 6.74. The Balaban J connectivity index is 2.94. The molecule has 0 unspecified atom stereocenters. The maximum atomic E-state index is 10.3. The lowest BCUT2D eigenvalue weighted by Crippen LogP contribution is -1.85. The third-order valence-corrected chi connectivity index (χ3v) is 1.28. The standard InChI is InChI=1S/C6H4N6O2/c7-9-11-10-8-5-2-1-3-6(4-5)12(13)14/h1-4H. The number of azide groups is 1. The molecule has 0 aromatic heterocycles. The van der Waals surface area contributed by atoms with Gasteiger partial charge in [0.1, 0.15) is 10.9 Å². The SMILES string of the molecule is [N-]=[N+]=NN=Nc1cccc([N+](=O)[O-])c1. The smallest absolute Gasteiger partial charge is 0.258 e. The Morgan fingerprint density at radius 1 is 1.50 bits per heavy atom. The summed E-state index contributed by atoms with van der Waals surface area (Å²) >= 11 is 0. The van der Waals surface area contributed by atoms with E-state index in [9.17, 15) is 10.1 Å². The van der Waals surface area contributed by atoms with Crippen molar-refractivity contribution < 1.29 is 4.92 Å². The third kappa shape index (κ3) is 2.54. The molecule has 0 spiro atoms. The van der Waals surface area contributed by atoms with Crippen molar-refractivity contribution in [2.75, 3.05) is 0 Å². The monoisotopic (exact) mass is 192 g/mol. The second-order valence-corrected chi connectivity index (χ2v) is 2.15. The number of nitro groups is 1. The number of rotatable bonds is 3. The zero-order valence-corrected chi connectivity index (χ0v) is 6.81. The third-order valence-electron chi connectivity index (χ3n) is 1.28. The Hall–Kier alpha value is -2.47. The van der Waals surface area contributed by atoms with Gasteiger partial charge in [-0.2, -0.15) is 4.91 Å². The predicted octanol–water partition coefficient (Wildman–Crippen LogP) is 2.90. The van der Waals surface area contributed by atoms with E-state index in [1.807, 2.05) is 0 Å². The molecule has 0 radical (unpaired) electrons. The van der Waals surface area contributed by atoms with Gasteiger partial charge in [0.2, 0.25) is 0 Å². The second-order valence-electron chi connectivity index (χ2n) is 2.15. The van der Waals surface area contributed by atoms with Gasteiger partial charge in [0.15, 0.2) is 0 Å². The summed E-state index contributed by atoms with van der Waals surface area (Å²) in [6.07, 6.45) is 0. The quantitative estimate of drug-likeness (QED) is 0.240. The fourth-order valence-electron chi connectivity index (χ4n) is 0.758. The summed E-state index contributed by atoms with van der Waals surface area (Å²) in [7, 11) is 0. The van der Waals surface area contributed by atoms with Gasteiger partial charge in [-0.1, -0.05) is 6.07 Å². The average molecular weight is 192 g/mol.